The number of hydrogen-bond acceptors (Lipinski definition) is 6. The molecule has 0 spiro atoms. The molecular formula is C22H17F3N6O6. The number of carboxylic acid groups (broad SMARTS) is 1. The van der Waals surface area contributed by atoms with E-state index in [4.69, 9.17) is 4.42 Å². The summed E-state index contributed by atoms with van der Waals surface area (Å²) in [5, 5.41) is 16.5. The number of imidazole rings is 1. The molecule has 15 heteroatoms. The van der Waals surface area contributed by atoms with Gasteiger partial charge in [0.2, 0.25) is 5.91 Å². The lowest BCUT2D eigenvalue weighted by Crippen LogP contribution is -2.21. The molecule has 0 radical (unpaired) electrons. The van der Waals surface area contributed by atoms with E-state index >= 15 is 0 Å². The van der Waals surface area contributed by atoms with Crippen LogP contribution < -0.4 is 21.7 Å². The molecule has 0 unspecified atom stereocenters. The summed E-state index contributed by atoms with van der Waals surface area (Å²) >= 11 is 0. The van der Waals surface area contributed by atoms with Gasteiger partial charge < -0.3 is 25.1 Å². The molecular weight excluding hydrogens is 501 g/mol. The largest absolute Gasteiger partial charge is 0.476 e. The number of oxazole rings is 1. The van der Waals surface area contributed by atoms with E-state index in [0.29, 0.717) is 11.2 Å². The molecule has 0 atom stereocenters. The minimum Gasteiger partial charge on any atom is -0.476 e. The van der Waals surface area contributed by atoms with Gasteiger partial charge >= 0.3 is 23.9 Å². The number of nitrogens with one attached hydrogen (secondary N) is 5. The number of urea groups is 1. The third kappa shape index (κ3) is 6.14. The molecule has 4 aromatic rings. The summed E-state index contributed by atoms with van der Waals surface area (Å²) in [6, 6.07) is 7.26. The molecule has 37 heavy (non-hydrogen) atoms. The first-order chi connectivity index (χ1) is 17.5. The number of carbonyl (C=O) groups is 3. The fourth-order valence-corrected chi connectivity index (χ4v) is 3.28. The Kier molecular flexibility index (Phi) is 6.69. The maximum atomic E-state index is 12.7. The van der Waals surface area contributed by atoms with Crippen LogP contribution in [0.4, 0.5) is 35.2 Å². The Morgan fingerprint density at radius 2 is 1.68 bits per heavy atom. The third-order valence-corrected chi connectivity index (χ3v) is 4.96. The molecule has 4 rings (SSSR count). The lowest BCUT2D eigenvalue weighted by Gasteiger charge is -2.09. The van der Waals surface area contributed by atoms with Gasteiger partial charge in [0, 0.05) is 30.3 Å². The zero-order chi connectivity index (χ0) is 26.7. The number of aromatic carboxylic acids is 1. The number of fused-ring (bicyclic) bond motifs is 1. The van der Waals surface area contributed by atoms with Crippen LogP contribution >= 0.6 is 0 Å². The monoisotopic (exact) mass is 518 g/mol. The van der Waals surface area contributed by atoms with Crippen molar-refractivity contribution in [3.63, 3.8) is 0 Å². The molecule has 2 aromatic carbocycles. The number of aromatic nitrogens is 3. The second-order valence-corrected chi connectivity index (χ2v) is 7.64. The number of amides is 3. The molecule has 0 saturated carbocycles. The SMILES string of the molecule is O=C(CCc1nc(NC(=O)Nc2ccc(C(F)(F)F)cc2)c(C(=O)O)[nH]1)Nc1ccc2[nH]c(=O)oc2c1. The van der Waals surface area contributed by atoms with Crippen LogP contribution in [0.5, 0.6) is 0 Å². The fourth-order valence-electron chi connectivity index (χ4n) is 3.28. The highest BCUT2D eigenvalue weighted by Gasteiger charge is 2.30. The third-order valence-electron chi connectivity index (χ3n) is 4.96. The van der Waals surface area contributed by atoms with Crippen LogP contribution in [-0.4, -0.2) is 38.0 Å². The molecule has 6 N–H and O–H groups in total. The van der Waals surface area contributed by atoms with E-state index < -0.39 is 41.1 Å². The summed E-state index contributed by atoms with van der Waals surface area (Å²) in [6.07, 6.45) is -4.67. The van der Waals surface area contributed by atoms with Crippen molar-refractivity contribution in [2.45, 2.75) is 19.0 Å². The summed E-state index contributed by atoms with van der Waals surface area (Å²) in [6.45, 7) is 0. The molecule has 0 saturated heterocycles. The van der Waals surface area contributed by atoms with Crippen LogP contribution in [0.3, 0.4) is 0 Å². The van der Waals surface area contributed by atoms with Gasteiger partial charge in [0.25, 0.3) is 0 Å². The predicted octanol–water partition coefficient (Wildman–Crippen LogP) is 3.78. The minimum absolute atomic E-state index is 0.0181. The summed E-state index contributed by atoms with van der Waals surface area (Å²) in [5.41, 5.74) is -0.234. The van der Waals surface area contributed by atoms with Crippen LogP contribution in [0.15, 0.2) is 51.7 Å². The van der Waals surface area contributed by atoms with E-state index in [9.17, 15) is 37.5 Å². The van der Waals surface area contributed by atoms with E-state index in [2.05, 4.69) is 30.9 Å². The number of H-pyrrole nitrogens is 2. The summed E-state index contributed by atoms with van der Waals surface area (Å²) < 4.78 is 42.9. The Balaban J connectivity index is 1.36. The Labute approximate surface area is 203 Å². The Bertz CT molecular complexity index is 1540. The zero-order valence-corrected chi connectivity index (χ0v) is 18.5. The molecule has 2 aromatic heterocycles. The van der Waals surface area contributed by atoms with Gasteiger partial charge in [0.1, 0.15) is 5.82 Å². The maximum Gasteiger partial charge on any atom is 0.417 e. The van der Waals surface area contributed by atoms with Crippen molar-refractivity contribution in [1.29, 1.82) is 0 Å². The van der Waals surface area contributed by atoms with Gasteiger partial charge in [-0.3, -0.25) is 15.1 Å². The molecule has 0 aliphatic carbocycles. The van der Waals surface area contributed by atoms with Gasteiger partial charge in [0.15, 0.2) is 17.1 Å². The summed E-state index contributed by atoms with van der Waals surface area (Å²) in [4.78, 5) is 56.3. The number of aromatic amines is 2. The number of halogens is 3. The molecule has 12 nitrogen and oxygen atoms in total. The maximum absolute atomic E-state index is 12.7. The number of rotatable bonds is 7. The molecule has 0 aliphatic rings. The topological polar surface area (TPSA) is 182 Å². The Morgan fingerprint density at radius 1 is 0.973 bits per heavy atom. The van der Waals surface area contributed by atoms with Crippen molar-refractivity contribution in [2.24, 2.45) is 0 Å². The number of carbonyl (C=O) groups excluding carboxylic acids is 2. The van der Waals surface area contributed by atoms with E-state index in [1.807, 2.05) is 0 Å². The Hall–Kier alpha value is -5.08. The second-order valence-electron chi connectivity index (χ2n) is 7.64. The van der Waals surface area contributed by atoms with Crippen LogP contribution in [0.25, 0.3) is 11.1 Å². The second kappa shape index (κ2) is 9.88. The van der Waals surface area contributed by atoms with Crippen molar-refractivity contribution >= 4 is 46.2 Å². The first-order valence-corrected chi connectivity index (χ1v) is 10.5. The van der Waals surface area contributed by atoms with Gasteiger partial charge in [-0.1, -0.05) is 0 Å². The van der Waals surface area contributed by atoms with Crippen LogP contribution in [0.2, 0.25) is 0 Å². The van der Waals surface area contributed by atoms with Gasteiger partial charge in [-0.2, -0.15) is 13.2 Å². The van der Waals surface area contributed by atoms with Crippen LogP contribution in [0, 0.1) is 0 Å². The molecule has 2 heterocycles. The molecule has 3 amide bonds. The quantitative estimate of drug-likeness (QED) is 0.215. The number of carboxylic acids is 1. The first-order valence-electron chi connectivity index (χ1n) is 10.5. The number of hydrogen-bond donors (Lipinski definition) is 6. The normalized spacial score (nSPS) is 11.3. The van der Waals surface area contributed by atoms with Gasteiger partial charge in [-0.25, -0.2) is 19.4 Å². The van der Waals surface area contributed by atoms with Crippen molar-refractivity contribution in [3.8, 4) is 0 Å². The summed E-state index contributed by atoms with van der Waals surface area (Å²) in [7, 11) is 0. The lowest BCUT2D eigenvalue weighted by atomic mass is 10.2. The molecule has 0 aliphatic heterocycles. The van der Waals surface area contributed by atoms with Crippen LogP contribution in [-0.2, 0) is 17.4 Å². The van der Waals surface area contributed by atoms with Gasteiger partial charge in [0.05, 0.1) is 11.1 Å². The summed E-state index contributed by atoms with van der Waals surface area (Å²) in [5.74, 6) is -2.78. The smallest absolute Gasteiger partial charge is 0.417 e. The average molecular weight is 518 g/mol. The molecule has 0 fully saturated rings. The van der Waals surface area contributed by atoms with Crippen molar-refractivity contribution in [1.82, 2.24) is 15.0 Å². The highest BCUT2D eigenvalue weighted by molar-refractivity contribution is 6.03. The average Bonchev–Trinajstić information content (AvgIpc) is 3.39. The number of anilines is 3. The van der Waals surface area contributed by atoms with E-state index in [-0.39, 0.29) is 35.8 Å². The Morgan fingerprint density at radius 3 is 2.35 bits per heavy atom. The van der Waals surface area contributed by atoms with Gasteiger partial charge in [-0.15, -0.1) is 0 Å². The van der Waals surface area contributed by atoms with E-state index in [1.165, 1.54) is 6.07 Å². The number of alkyl halides is 3. The zero-order valence-electron chi connectivity index (χ0n) is 18.5. The van der Waals surface area contributed by atoms with Crippen LogP contribution in [0.1, 0.15) is 28.3 Å². The standard InChI is InChI=1S/C22H17F3N6O6/c23-22(24,25)10-1-3-11(4-2-10)27-20(35)31-18-17(19(33)34)29-15(30-18)7-8-16(32)26-12-5-6-13-14(9-12)37-21(36)28-13/h1-6,9H,7-8H2,(H,26,32)(H,28,36)(H,29,30)(H,33,34)(H2,27,31,35). The fraction of sp³-hybridized carbons (Fsp3) is 0.136. The minimum atomic E-state index is -4.53. The van der Waals surface area contributed by atoms with E-state index in [0.717, 1.165) is 24.3 Å². The molecule has 192 valence electrons. The van der Waals surface area contributed by atoms with Gasteiger partial charge in [-0.05, 0) is 36.4 Å². The van der Waals surface area contributed by atoms with Crippen molar-refractivity contribution in [2.75, 3.05) is 16.0 Å². The van der Waals surface area contributed by atoms with Crippen molar-refractivity contribution < 1.29 is 37.1 Å². The number of aryl methyl sites for hydroxylation is 1. The highest BCUT2D eigenvalue weighted by Crippen LogP contribution is 2.29. The predicted molar refractivity (Wildman–Crippen MR) is 123 cm³/mol. The first kappa shape index (κ1) is 25.0. The highest BCUT2D eigenvalue weighted by atomic mass is 19.4. The number of nitrogens with zero attached hydrogens (tertiary/aromatic N) is 1. The lowest BCUT2D eigenvalue weighted by molar-refractivity contribution is -0.137. The van der Waals surface area contributed by atoms with Crippen molar-refractivity contribution in [3.05, 3.63) is 70.1 Å². The van der Waals surface area contributed by atoms with E-state index in [1.54, 1.807) is 12.1 Å². The number of benzene rings is 2. The molecule has 0 bridgehead atoms.